The summed E-state index contributed by atoms with van der Waals surface area (Å²) >= 11 is 1.37. The number of carbonyl (C=O) groups excluding carboxylic acids is 1. The topological polar surface area (TPSA) is 79.7 Å². The molecule has 0 saturated heterocycles. The molecule has 1 amide bonds. The molecule has 1 heterocycles. The molecule has 0 aliphatic heterocycles. The number of ether oxygens (including phenoxy) is 1. The van der Waals surface area contributed by atoms with Gasteiger partial charge in [-0.25, -0.2) is 4.98 Å². The van der Waals surface area contributed by atoms with Crippen LogP contribution in [-0.4, -0.2) is 47.6 Å². The smallest absolute Gasteiger partial charge is 0.303 e. The number of rotatable bonds is 7. The number of hydrogen-bond donors (Lipinski definition) is 1. The molecular weight excluding hydrogens is 256 g/mol. The van der Waals surface area contributed by atoms with E-state index >= 15 is 0 Å². The molecule has 100 valence electrons. The van der Waals surface area contributed by atoms with Crippen LogP contribution in [0.4, 0.5) is 0 Å². The number of thiazole rings is 1. The maximum atomic E-state index is 11.9. The van der Waals surface area contributed by atoms with Crippen LogP contribution >= 0.6 is 11.3 Å². The van der Waals surface area contributed by atoms with E-state index in [9.17, 15) is 9.59 Å². The third-order valence-electron chi connectivity index (χ3n) is 2.27. The Morgan fingerprint density at radius 3 is 2.89 bits per heavy atom. The number of carboxylic acid groups (broad SMARTS) is 1. The normalized spacial score (nSPS) is 10.3. The first-order chi connectivity index (χ1) is 8.54. The number of nitrogens with zero attached hydrogens (tertiary/aromatic N) is 2. The molecule has 0 aliphatic carbocycles. The molecule has 7 heteroatoms. The fraction of sp³-hybridized carbons (Fsp3) is 0.545. The van der Waals surface area contributed by atoms with Gasteiger partial charge in [-0.2, -0.15) is 0 Å². The zero-order valence-electron chi connectivity index (χ0n) is 10.4. The molecule has 18 heavy (non-hydrogen) atoms. The summed E-state index contributed by atoms with van der Waals surface area (Å²) in [7, 11) is 3.21. The van der Waals surface area contributed by atoms with Gasteiger partial charge < -0.3 is 14.7 Å². The van der Waals surface area contributed by atoms with Crippen molar-refractivity contribution in [1.29, 1.82) is 0 Å². The average Bonchev–Trinajstić information content (AvgIpc) is 2.76. The van der Waals surface area contributed by atoms with E-state index in [1.165, 1.54) is 16.2 Å². The van der Waals surface area contributed by atoms with E-state index < -0.39 is 5.97 Å². The summed E-state index contributed by atoms with van der Waals surface area (Å²) in [6.45, 7) is 0.795. The van der Waals surface area contributed by atoms with Crippen molar-refractivity contribution in [2.75, 3.05) is 20.7 Å². The van der Waals surface area contributed by atoms with E-state index in [-0.39, 0.29) is 12.3 Å². The van der Waals surface area contributed by atoms with Crippen molar-refractivity contribution < 1.29 is 19.4 Å². The average molecular weight is 272 g/mol. The van der Waals surface area contributed by atoms with Gasteiger partial charge in [-0.15, -0.1) is 11.3 Å². The fourth-order valence-corrected chi connectivity index (χ4v) is 2.10. The second-order valence-corrected chi connectivity index (χ2v) is 4.73. The summed E-state index contributed by atoms with van der Waals surface area (Å²) in [5, 5.41) is 11.0. The highest BCUT2D eigenvalue weighted by atomic mass is 32.1. The minimum atomic E-state index is -0.855. The van der Waals surface area contributed by atoms with Crippen LogP contribution in [0.3, 0.4) is 0 Å². The lowest BCUT2D eigenvalue weighted by Gasteiger charge is -2.14. The van der Waals surface area contributed by atoms with Gasteiger partial charge in [-0.05, 0) is 6.42 Å². The third-order valence-corrected chi connectivity index (χ3v) is 3.09. The van der Waals surface area contributed by atoms with Gasteiger partial charge in [-0.3, -0.25) is 9.59 Å². The van der Waals surface area contributed by atoms with Crippen LogP contribution in [0.1, 0.15) is 28.3 Å². The lowest BCUT2D eigenvalue weighted by Crippen LogP contribution is -2.28. The van der Waals surface area contributed by atoms with E-state index in [0.29, 0.717) is 25.3 Å². The van der Waals surface area contributed by atoms with E-state index in [1.807, 2.05) is 0 Å². The largest absolute Gasteiger partial charge is 0.481 e. The first kappa shape index (κ1) is 14.6. The van der Waals surface area contributed by atoms with E-state index in [0.717, 1.165) is 5.01 Å². The Hall–Kier alpha value is -1.47. The molecule has 1 aromatic rings. The van der Waals surface area contributed by atoms with Crippen molar-refractivity contribution >= 4 is 23.2 Å². The molecule has 0 bridgehead atoms. The van der Waals surface area contributed by atoms with Crippen molar-refractivity contribution in [3.05, 3.63) is 16.1 Å². The molecule has 0 saturated carbocycles. The number of methoxy groups -OCH3 is 1. The van der Waals surface area contributed by atoms with Crippen LogP contribution in [0.15, 0.2) is 5.38 Å². The Balaban J connectivity index is 2.48. The molecule has 0 unspecified atom stereocenters. The molecule has 0 aliphatic rings. The minimum Gasteiger partial charge on any atom is -0.481 e. The molecule has 1 rings (SSSR count). The Morgan fingerprint density at radius 1 is 1.56 bits per heavy atom. The van der Waals surface area contributed by atoms with Gasteiger partial charge in [0.15, 0.2) is 0 Å². The Kier molecular flexibility index (Phi) is 5.73. The standard InChI is InChI=1S/C11H16N2O4S/c1-13(5-3-4-10(14)15)11(16)8-7-18-9(12-8)6-17-2/h7H,3-6H2,1-2H3,(H,14,15). The van der Waals surface area contributed by atoms with Crippen molar-refractivity contribution in [3.8, 4) is 0 Å². The lowest BCUT2D eigenvalue weighted by molar-refractivity contribution is -0.137. The number of carbonyl (C=O) groups is 2. The summed E-state index contributed by atoms with van der Waals surface area (Å²) in [6, 6.07) is 0. The number of amides is 1. The molecular formula is C11H16N2O4S. The molecule has 6 nitrogen and oxygen atoms in total. The number of aliphatic carboxylic acids is 1. The van der Waals surface area contributed by atoms with Crippen LogP contribution in [0.2, 0.25) is 0 Å². The van der Waals surface area contributed by atoms with Gasteiger partial charge in [0.1, 0.15) is 10.7 Å². The van der Waals surface area contributed by atoms with Crippen LogP contribution in [-0.2, 0) is 16.1 Å². The predicted octanol–water partition coefficient (Wildman–Crippen LogP) is 1.23. The predicted molar refractivity (Wildman–Crippen MR) is 66.7 cm³/mol. The van der Waals surface area contributed by atoms with Gasteiger partial charge in [0.05, 0.1) is 6.61 Å². The number of hydrogen-bond acceptors (Lipinski definition) is 5. The third kappa shape index (κ3) is 4.42. The van der Waals surface area contributed by atoms with Crippen LogP contribution < -0.4 is 0 Å². The van der Waals surface area contributed by atoms with Gasteiger partial charge in [0, 0.05) is 32.5 Å². The number of aromatic nitrogens is 1. The quantitative estimate of drug-likeness (QED) is 0.807. The summed E-state index contributed by atoms with van der Waals surface area (Å²) < 4.78 is 4.93. The van der Waals surface area contributed by atoms with E-state index in [4.69, 9.17) is 9.84 Å². The SMILES string of the molecule is COCc1nc(C(=O)N(C)CCCC(=O)O)cs1. The van der Waals surface area contributed by atoms with Crippen molar-refractivity contribution in [2.24, 2.45) is 0 Å². The Morgan fingerprint density at radius 2 is 2.28 bits per heavy atom. The molecule has 0 fully saturated rings. The van der Waals surface area contributed by atoms with Gasteiger partial charge in [0.25, 0.3) is 5.91 Å². The summed E-state index contributed by atoms with van der Waals surface area (Å²) in [5.41, 5.74) is 0.380. The van der Waals surface area contributed by atoms with E-state index in [2.05, 4.69) is 4.98 Å². The molecule has 1 N–H and O–H groups in total. The molecule has 0 atom stereocenters. The Labute approximate surface area is 109 Å². The van der Waals surface area contributed by atoms with Crippen molar-refractivity contribution in [3.63, 3.8) is 0 Å². The van der Waals surface area contributed by atoms with Crippen LogP contribution in [0, 0.1) is 0 Å². The van der Waals surface area contributed by atoms with Crippen LogP contribution in [0.5, 0.6) is 0 Å². The van der Waals surface area contributed by atoms with Gasteiger partial charge >= 0.3 is 5.97 Å². The monoisotopic (exact) mass is 272 g/mol. The summed E-state index contributed by atoms with van der Waals surface area (Å²) in [5.74, 6) is -1.05. The van der Waals surface area contributed by atoms with Crippen molar-refractivity contribution in [2.45, 2.75) is 19.4 Å². The summed E-state index contributed by atoms with van der Waals surface area (Å²) in [6.07, 6.45) is 0.496. The maximum absolute atomic E-state index is 11.9. The van der Waals surface area contributed by atoms with Crippen molar-refractivity contribution in [1.82, 2.24) is 9.88 Å². The fourth-order valence-electron chi connectivity index (χ4n) is 1.36. The first-order valence-corrected chi connectivity index (χ1v) is 6.33. The highest BCUT2D eigenvalue weighted by Gasteiger charge is 2.15. The molecule has 0 aromatic carbocycles. The zero-order chi connectivity index (χ0) is 13.5. The molecule has 1 aromatic heterocycles. The van der Waals surface area contributed by atoms with Gasteiger partial charge in [0.2, 0.25) is 0 Å². The number of carboxylic acids is 1. The summed E-state index contributed by atoms with van der Waals surface area (Å²) in [4.78, 5) is 27.9. The minimum absolute atomic E-state index is 0.0591. The second-order valence-electron chi connectivity index (χ2n) is 3.78. The highest BCUT2D eigenvalue weighted by molar-refractivity contribution is 7.09. The second kappa shape index (κ2) is 7.07. The highest BCUT2D eigenvalue weighted by Crippen LogP contribution is 2.12. The zero-order valence-corrected chi connectivity index (χ0v) is 11.2. The first-order valence-electron chi connectivity index (χ1n) is 5.45. The molecule has 0 spiro atoms. The van der Waals surface area contributed by atoms with E-state index in [1.54, 1.807) is 19.5 Å². The Bertz CT molecular complexity index is 419. The lowest BCUT2D eigenvalue weighted by atomic mass is 10.3. The molecule has 0 radical (unpaired) electrons. The maximum Gasteiger partial charge on any atom is 0.303 e. The van der Waals surface area contributed by atoms with Gasteiger partial charge in [-0.1, -0.05) is 0 Å². The van der Waals surface area contributed by atoms with Crippen LogP contribution in [0.25, 0.3) is 0 Å².